The molecule has 1 aromatic carbocycles. The maximum atomic E-state index is 12.2. The fourth-order valence-corrected chi connectivity index (χ4v) is 2.73. The SMILES string of the molecule is CC1(C)N[C@H](C(=O)NCCC(=O)O)Cc2cc(O)c(O)cc21. The van der Waals surface area contributed by atoms with E-state index < -0.39 is 17.6 Å². The van der Waals surface area contributed by atoms with E-state index in [0.717, 1.165) is 11.1 Å². The van der Waals surface area contributed by atoms with Gasteiger partial charge in [-0.3, -0.25) is 14.9 Å². The van der Waals surface area contributed by atoms with Gasteiger partial charge in [-0.05, 0) is 43.5 Å². The Kier molecular flexibility index (Phi) is 4.27. The molecule has 0 unspecified atom stereocenters. The highest BCUT2D eigenvalue weighted by atomic mass is 16.4. The lowest BCUT2D eigenvalue weighted by atomic mass is 9.82. The van der Waals surface area contributed by atoms with Crippen molar-refractivity contribution in [3.63, 3.8) is 0 Å². The molecule has 0 aromatic heterocycles. The third-order valence-electron chi connectivity index (χ3n) is 3.79. The van der Waals surface area contributed by atoms with Gasteiger partial charge in [-0.2, -0.15) is 0 Å². The first-order valence-corrected chi connectivity index (χ1v) is 7.03. The van der Waals surface area contributed by atoms with Crippen molar-refractivity contribution < 1.29 is 24.9 Å². The predicted octanol–water partition coefficient (Wildman–Crippen LogP) is 0.438. The zero-order valence-electron chi connectivity index (χ0n) is 12.5. The minimum atomic E-state index is -0.969. The molecule has 0 spiro atoms. The molecule has 7 nitrogen and oxygen atoms in total. The van der Waals surface area contributed by atoms with Crippen molar-refractivity contribution >= 4 is 11.9 Å². The Hall–Kier alpha value is -2.28. The molecule has 1 aromatic rings. The van der Waals surface area contributed by atoms with Crippen LogP contribution in [0.4, 0.5) is 0 Å². The van der Waals surface area contributed by atoms with Crippen LogP contribution in [0, 0.1) is 0 Å². The summed E-state index contributed by atoms with van der Waals surface area (Å²) in [4.78, 5) is 22.6. The second-order valence-corrected chi connectivity index (χ2v) is 5.96. The number of hydrogen-bond acceptors (Lipinski definition) is 5. The van der Waals surface area contributed by atoms with Crippen LogP contribution in [0.3, 0.4) is 0 Å². The Morgan fingerprint density at radius 2 is 1.95 bits per heavy atom. The summed E-state index contributed by atoms with van der Waals surface area (Å²) in [5, 5.41) is 33.6. The summed E-state index contributed by atoms with van der Waals surface area (Å²) in [6.45, 7) is 3.82. The van der Waals surface area contributed by atoms with Crippen molar-refractivity contribution in [2.45, 2.75) is 38.3 Å². The first-order valence-electron chi connectivity index (χ1n) is 7.03. The molecule has 1 atom stereocenters. The van der Waals surface area contributed by atoms with Crippen molar-refractivity contribution in [1.29, 1.82) is 0 Å². The predicted molar refractivity (Wildman–Crippen MR) is 78.7 cm³/mol. The highest BCUT2D eigenvalue weighted by molar-refractivity contribution is 5.83. The van der Waals surface area contributed by atoms with E-state index in [1.165, 1.54) is 12.1 Å². The number of aliphatic carboxylic acids is 1. The van der Waals surface area contributed by atoms with Gasteiger partial charge >= 0.3 is 5.97 Å². The average Bonchev–Trinajstić information content (AvgIpc) is 2.40. The fraction of sp³-hybridized carbons (Fsp3) is 0.467. The minimum absolute atomic E-state index is 0.0699. The molecule has 1 heterocycles. The summed E-state index contributed by atoms with van der Waals surface area (Å²) in [5.41, 5.74) is 1.03. The number of phenolic OH excluding ortho intramolecular Hbond substituents is 2. The lowest BCUT2D eigenvalue weighted by molar-refractivity contribution is -0.137. The van der Waals surface area contributed by atoms with Crippen LogP contribution in [0.1, 0.15) is 31.4 Å². The van der Waals surface area contributed by atoms with Crippen molar-refractivity contribution in [2.75, 3.05) is 6.54 Å². The summed E-state index contributed by atoms with van der Waals surface area (Å²) in [5.74, 6) is -1.67. The van der Waals surface area contributed by atoms with Crippen molar-refractivity contribution in [3.8, 4) is 11.5 Å². The maximum absolute atomic E-state index is 12.2. The molecule has 2 rings (SSSR count). The second kappa shape index (κ2) is 5.84. The second-order valence-electron chi connectivity index (χ2n) is 5.96. The topological polar surface area (TPSA) is 119 Å². The Balaban J connectivity index is 2.16. The van der Waals surface area contributed by atoms with Crippen LogP contribution in [0.2, 0.25) is 0 Å². The number of carboxylic acid groups (broad SMARTS) is 1. The van der Waals surface area contributed by atoms with Crippen LogP contribution >= 0.6 is 0 Å². The first kappa shape index (κ1) is 16.1. The van der Waals surface area contributed by atoms with Gasteiger partial charge in [-0.15, -0.1) is 0 Å². The number of aromatic hydroxyl groups is 2. The summed E-state index contributed by atoms with van der Waals surface area (Å²) in [6.07, 6.45) is 0.221. The fourth-order valence-electron chi connectivity index (χ4n) is 2.73. The zero-order chi connectivity index (χ0) is 16.5. The first-order chi connectivity index (χ1) is 10.2. The number of nitrogens with one attached hydrogen (secondary N) is 2. The van der Waals surface area contributed by atoms with Gasteiger partial charge in [-0.25, -0.2) is 0 Å². The zero-order valence-corrected chi connectivity index (χ0v) is 12.5. The molecular formula is C15H20N2O5. The Morgan fingerprint density at radius 1 is 1.32 bits per heavy atom. The molecule has 0 bridgehead atoms. The number of rotatable bonds is 4. The third kappa shape index (κ3) is 3.30. The van der Waals surface area contributed by atoms with Crippen LogP contribution < -0.4 is 10.6 Å². The molecule has 120 valence electrons. The highest BCUT2D eigenvalue weighted by Crippen LogP contribution is 2.37. The monoisotopic (exact) mass is 308 g/mol. The average molecular weight is 308 g/mol. The number of benzene rings is 1. The van der Waals surface area contributed by atoms with Crippen LogP contribution in [0.15, 0.2) is 12.1 Å². The number of fused-ring (bicyclic) bond motifs is 1. The van der Waals surface area contributed by atoms with E-state index in [-0.39, 0.29) is 30.4 Å². The van der Waals surface area contributed by atoms with Crippen LogP contribution in [-0.2, 0) is 21.5 Å². The quantitative estimate of drug-likeness (QED) is 0.515. The molecule has 7 heteroatoms. The summed E-state index contributed by atoms with van der Waals surface area (Å²) >= 11 is 0. The molecule has 0 aliphatic carbocycles. The van der Waals surface area contributed by atoms with E-state index in [2.05, 4.69) is 10.6 Å². The number of phenols is 2. The van der Waals surface area contributed by atoms with Crippen LogP contribution in [0.5, 0.6) is 11.5 Å². The number of carbonyl (C=O) groups excluding carboxylic acids is 1. The van der Waals surface area contributed by atoms with E-state index in [0.29, 0.717) is 6.42 Å². The van der Waals surface area contributed by atoms with Crippen molar-refractivity contribution in [3.05, 3.63) is 23.3 Å². The standard InChI is InChI=1S/C15H20N2O5/c1-15(2)9-7-12(19)11(18)6-8(9)5-10(17-15)14(22)16-4-3-13(20)21/h6-7,10,17-19H,3-5H2,1-2H3,(H,16,22)(H,20,21)/t10-/m0/s1. The Bertz CT molecular complexity index is 612. The summed E-state index contributed by atoms with van der Waals surface area (Å²) in [6, 6.07) is 2.43. The number of hydrogen-bond donors (Lipinski definition) is 5. The molecule has 5 N–H and O–H groups in total. The summed E-state index contributed by atoms with van der Waals surface area (Å²) in [7, 11) is 0. The Labute approximate surface area is 128 Å². The van der Waals surface area contributed by atoms with E-state index in [9.17, 15) is 19.8 Å². The van der Waals surface area contributed by atoms with E-state index in [1.807, 2.05) is 13.8 Å². The van der Waals surface area contributed by atoms with Gasteiger partial charge in [-0.1, -0.05) is 0 Å². The molecule has 0 saturated carbocycles. The van der Waals surface area contributed by atoms with E-state index in [1.54, 1.807) is 0 Å². The van der Waals surface area contributed by atoms with Gasteiger partial charge in [0.15, 0.2) is 11.5 Å². The Morgan fingerprint density at radius 3 is 2.59 bits per heavy atom. The lowest BCUT2D eigenvalue weighted by Crippen LogP contribution is -2.55. The van der Waals surface area contributed by atoms with E-state index in [4.69, 9.17) is 5.11 Å². The molecule has 0 radical (unpaired) electrons. The van der Waals surface area contributed by atoms with E-state index >= 15 is 0 Å². The summed E-state index contributed by atoms with van der Waals surface area (Å²) < 4.78 is 0. The van der Waals surface area contributed by atoms with Gasteiger partial charge in [0, 0.05) is 12.1 Å². The molecule has 22 heavy (non-hydrogen) atoms. The van der Waals surface area contributed by atoms with Crippen LogP contribution in [0.25, 0.3) is 0 Å². The van der Waals surface area contributed by atoms with Gasteiger partial charge < -0.3 is 20.6 Å². The lowest BCUT2D eigenvalue weighted by Gasteiger charge is -2.38. The van der Waals surface area contributed by atoms with Gasteiger partial charge in [0.2, 0.25) is 5.91 Å². The number of amides is 1. The molecule has 1 aliphatic heterocycles. The number of carbonyl (C=O) groups is 2. The van der Waals surface area contributed by atoms with Gasteiger partial charge in [0.05, 0.1) is 12.5 Å². The smallest absolute Gasteiger partial charge is 0.305 e. The number of carboxylic acids is 1. The van der Waals surface area contributed by atoms with Gasteiger partial charge in [0.1, 0.15) is 0 Å². The third-order valence-corrected chi connectivity index (χ3v) is 3.79. The molecule has 0 saturated heterocycles. The maximum Gasteiger partial charge on any atom is 0.305 e. The molecular weight excluding hydrogens is 288 g/mol. The van der Waals surface area contributed by atoms with Crippen molar-refractivity contribution in [2.24, 2.45) is 0 Å². The normalized spacial score (nSPS) is 19.3. The van der Waals surface area contributed by atoms with Crippen molar-refractivity contribution in [1.82, 2.24) is 10.6 Å². The molecule has 1 aliphatic rings. The largest absolute Gasteiger partial charge is 0.504 e. The van der Waals surface area contributed by atoms with Gasteiger partial charge in [0.25, 0.3) is 0 Å². The highest BCUT2D eigenvalue weighted by Gasteiger charge is 2.36. The minimum Gasteiger partial charge on any atom is -0.504 e. The molecule has 0 fully saturated rings. The molecule has 1 amide bonds. The van der Waals surface area contributed by atoms with Crippen LogP contribution in [-0.4, -0.2) is 39.8 Å².